The van der Waals surface area contributed by atoms with Gasteiger partial charge >= 0.3 is 0 Å². The van der Waals surface area contributed by atoms with E-state index >= 15 is 0 Å². The zero-order valence-electron chi connectivity index (χ0n) is 15.8. The zero-order chi connectivity index (χ0) is 19.5. The highest BCUT2D eigenvalue weighted by Crippen LogP contribution is 2.43. The summed E-state index contributed by atoms with van der Waals surface area (Å²) < 4.78 is 27.4. The summed E-state index contributed by atoms with van der Waals surface area (Å²) in [5, 5.41) is 10.1. The first-order chi connectivity index (χ1) is 13.4. The number of sulfonamides is 1. The molecule has 2 aromatic rings. The number of hydrogen-bond donors (Lipinski definition) is 2. The largest absolute Gasteiger partial charge is 0.348 e. The third-order valence-corrected chi connectivity index (χ3v) is 8.20. The van der Waals surface area contributed by atoms with Gasteiger partial charge in [0.15, 0.2) is 0 Å². The first-order valence-electron chi connectivity index (χ1n) is 9.85. The average Bonchev–Trinajstić information content (AvgIpc) is 3.28. The fraction of sp³-hybridized carbons (Fsp3) is 0.500. The van der Waals surface area contributed by atoms with Gasteiger partial charge in [0.05, 0.1) is 4.90 Å². The van der Waals surface area contributed by atoms with Crippen LogP contribution in [0.5, 0.6) is 0 Å². The number of aromatic amines is 1. The summed E-state index contributed by atoms with van der Waals surface area (Å²) in [6, 6.07) is 8.82. The number of benzene rings is 1. The number of aromatic nitrogens is 2. The smallest absolute Gasteiger partial charge is 0.272 e. The monoisotopic (exact) mass is 400 g/mol. The van der Waals surface area contributed by atoms with E-state index in [-0.39, 0.29) is 17.9 Å². The van der Waals surface area contributed by atoms with Crippen molar-refractivity contribution < 1.29 is 13.2 Å². The summed E-state index contributed by atoms with van der Waals surface area (Å²) in [5.41, 5.74) is 2.49. The van der Waals surface area contributed by atoms with Crippen LogP contribution in [-0.4, -0.2) is 48.0 Å². The minimum Gasteiger partial charge on any atom is -0.348 e. The molecule has 8 heteroatoms. The van der Waals surface area contributed by atoms with Crippen LogP contribution in [0.15, 0.2) is 35.2 Å². The van der Waals surface area contributed by atoms with Gasteiger partial charge in [0, 0.05) is 30.7 Å². The third-order valence-electron chi connectivity index (χ3n) is 6.35. The number of amides is 1. The SMILES string of the molecule is Cc1ccc(S(=O)(=O)N2C[C@H]3C[C@H](NC(=O)c4cc(C5CC5)[nH]n4)[C@H]3C2)cc1. The summed E-state index contributed by atoms with van der Waals surface area (Å²) in [6.45, 7) is 2.92. The Labute approximate surface area is 164 Å². The molecule has 1 saturated heterocycles. The molecule has 148 valence electrons. The molecule has 1 aromatic heterocycles. The van der Waals surface area contributed by atoms with Crippen molar-refractivity contribution >= 4 is 15.9 Å². The van der Waals surface area contributed by atoms with E-state index in [1.165, 1.54) is 0 Å². The molecule has 3 atom stereocenters. The highest BCUT2D eigenvalue weighted by atomic mass is 32.2. The number of nitrogens with one attached hydrogen (secondary N) is 2. The second-order valence-electron chi connectivity index (χ2n) is 8.36. The van der Waals surface area contributed by atoms with E-state index in [0.717, 1.165) is 30.5 Å². The molecular formula is C20H24N4O3S. The lowest BCUT2D eigenvalue weighted by atomic mass is 9.71. The summed E-state index contributed by atoms with van der Waals surface area (Å²) in [5.74, 6) is 0.835. The molecule has 3 fully saturated rings. The van der Waals surface area contributed by atoms with Gasteiger partial charge in [-0.05, 0) is 56.2 Å². The minimum atomic E-state index is -3.48. The summed E-state index contributed by atoms with van der Waals surface area (Å²) in [7, 11) is -3.48. The number of rotatable bonds is 5. The van der Waals surface area contributed by atoms with Crippen LogP contribution in [0.3, 0.4) is 0 Å². The number of carbonyl (C=O) groups is 1. The van der Waals surface area contributed by atoms with Gasteiger partial charge in [-0.25, -0.2) is 8.42 Å². The predicted molar refractivity (Wildman–Crippen MR) is 103 cm³/mol. The van der Waals surface area contributed by atoms with Gasteiger partial charge in [0.1, 0.15) is 5.69 Å². The van der Waals surface area contributed by atoms with Gasteiger partial charge in [-0.2, -0.15) is 9.40 Å². The van der Waals surface area contributed by atoms with E-state index in [2.05, 4.69) is 15.5 Å². The number of nitrogens with zero attached hydrogens (tertiary/aromatic N) is 2. The number of carbonyl (C=O) groups excluding carboxylic acids is 1. The Balaban J connectivity index is 1.23. The number of hydrogen-bond acceptors (Lipinski definition) is 4. The lowest BCUT2D eigenvalue weighted by molar-refractivity contribution is 0.0827. The van der Waals surface area contributed by atoms with Gasteiger partial charge in [-0.3, -0.25) is 9.89 Å². The van der Waals surface area contributed by atoms with Crippen LogP contribution in [0.2, 0.25) is 0 Å². The van der Waals surface area contributed by atoms with Crippen molar-refractivity contribution in [3.63, 3.8) is 0 Å². The maximum atomic E-state index is 12.9. The molecule has 5 rings (SSSR count). The molecule has 0 bridgehead atoms. The van der Waals surface area contributed by atoms with Crippen LogP contribution in [-0.2, 0) is 10.0 Å². The van der Waals surface area contributed by atoms with Crippen molar-refractivity contribution in [1.29, 1.82) is 0 Å². The van der Waals surface area contributed by atoms with E-state index in [1.54, 1.807) is 16.4 Å². The van der Waals surface area contributed by atoms with E-state index in [1.807, 2.05) is 25.1 Å². The molecule has 1 aliphatic heterocycles. The van der Waals surface area contributed by atoms with Crippen LogP contribution < -0.4 is 5.32 Å². The molecular weight excluding hydrogens is 376 g/mol. The Bertz CT molecular complexity index is 1010. The average molecular weight is 401 g/mol. The molecule has 0 unspecified atom stereocenters. The van der Waals surface area contributed by atoms with Crippen molar-refractivity contribution in [1.82, 2.24) is 19.8 Å². The Morgan fingerprint density at radius 3 is 2.68 bits per heavy atom. The summed E-state index contributed by atoms with van der Waals surface area (Å²) >= 11 is 0. The van der Waals surface area contributed by atoms with Crippen LogP contribution >= 0.6 is 0 Å². The van der Waals surface area contributed by atoms with Crippen LogP contribution in [0.25, 0.3) is 0 Å². The number of aryl methyl sites for hydroxylation is 1. The standard InChI is InChI=1S/C20H24N4O3S/c1-12-2-6-15(7-3-12)28(26,27)24-10-14-8-18(16(14)11-24)21-20(25)19-9-17(22-23-19)13-4-5-13/h2-3,6-7,9,13-14,16,18H,4-5,8,10-11H2,1H3,(H,21,25)(H,22,23)/t14-,16+,18+/m1/s1. The van der Waals surface area contributed by atoms with Crippen LogP contribution in [0.4, 0.5) is 0 Å². The molecule has 2 heterocycles. The molecule has 2 aliphatic carbocycles. The van der Waals surface area contributed by atoms with E-state index in [0.29, 0.717) is 35.5 Å². The molecule has 0 spiro atoms. The van der Waals surface area contributed by atoms with Gasteiger partial charge in [0.25, 0.3) is 5.91 Å². The maximum Gasteiger partial charge on any atom is 0.272 e. The Morgan fingerprint density at radius 1 is 1.21 bits per heavy atom. The van der Waals surface area contributed by atoms with Crippen molar-refractivity contribution in [2.75, 3.05) is 13.1 Å². The lowest BCUT2D eigenvalue weighted by Crippen LogP contribution is -2.52. The Morgan fingerprint density at radius 2 is 1.96 bits per heavy atom. The van der Waals surface area contributed by atoms with Crippen molar-refractivity contribution in [2.24, 2.45) is 11.8 Å². The molecule has 1 aromatic carbocycles. The van der Waals surface area contributed by atoms with Crippen molar-refractivity contribution in [3.8, 4) is 0 Å². The van der Waals surface area contributed by atoms with Gasteiger partial charge in [-0.1, -0.05) is 17.7 Å². The molecule has 7 nitrogen and oxygen atoms in total. The number of H-pyrrole nitrogens is 1. The normalized spacial score (nSPS) is 27.2. The first-order valence-corrected chi connectivity index (χ1v) is 11.3. The molecule has 3 aliphatic rings. The first kappa shape index (κ1) is 17.9. The Kier molecular flexibility index (Phi) is 4.10. The van der Waals surface area contributed by atoms with E-state index < -0.39 is 10.0 Å². The molecule has 2 N–H and O–H groups in total. The van der Waals surface area contributed by atoms with Gasteiger partial charge in [0.2, 0.25) is 10.0 Å². The highest BCUT2D eigenvalue weighted by molar-refractivity contribution is 7.89. The molecule has 0 radical (unpaired) electrons. The molecule has 1 amide bonds. The van der Waals surface area contributed by atoms with E-state index in [9.17, 15) is 13.2 Å². The second kappa shape index (κ2) is 6.42. The van der Waals surface area contributed by atoms with E-state index in [4.69, 9.17) is 0 Å². The summed E-state index contributed by atoms with van der Waals surface area (Å²) in [4.78, 5) is 12.8. The molecule has 2 saturated carbocycles. The predicted octanol–water partition coefficient (Wildman–Crippen LogP) is 2.03. The second-order valence-corrected chi connectivity index (χ2v) is 10.3. The van der Waals surface area contributed by atoms with Gasteiger partial charge in [-0.15, -0.1) is 0 Å². The number of fused-ring (bicyclic) bond motifs is 1. The molecule has 28 heavy (non-hydrogen) atoms. The zero-order valence-corrected chi connectivity index (χ0v) is 16.6. The maximum absolute atomic E-state index is 12.9. The van der Waals surface area contributed by atoms with Gasteiger partial charge < -0.3 is 5.32 Å². The topological polar surface area (TPSA) is 95.2 Å². The Hall–Kier alpha value is -2.19. The quantitative estimate of drug-likeness (QED) is 0.803. The van der Waals surface area contributed by atoms with Crippen LogP contribution in [0.1, 0.15) is 46.9 Å². The van der Waals surface area contributed by atoms with Crippen LogP contribution in [0, 0.1) is 18.8 Å². The fourth-order valence-electron chi connectivity index (χ4n) is 4.39. The van der Waals surface area contributed by atoms with Crippen molar-refractivity contribution in [2.45, 2.75) is 43.0 Å². The van der Waals surface area contributed by atoms with Crippen molar-refractivity contribution in [3.05, 3.63) is 47.3 Å². The summed E-state index contributed by atoms with van der Waals surface area (Å²) in [6.07, 6.45) is 3.12. The fourth-order valence-corrected chi connectivity index (χ4v) is 5.92. The minimum absolute atomic E-state index is 0.0109. The third kappa shape index (κ3) is 3.04. The highest BCUT2D eigenvalue weighted by Gasteiger charge is 2.50. The lowest BCUT2D eigenvalue weighted by Gasteiger charge is -2.39.